The number of aromatic nitrogens is 2. The fourth-order valence-corrected chi connectivity index (χ4v) is 4.21. The van der Waals surface area contributed by atoms with E-state index in [9.17, 15) is 4.79 Å². The number of para-hydroxylation sites is 1. The first-order valence-electron chi connectivity index (χ1n) is 11.9. The lowest BCUT2D eigenvalue weighted by molar-refractivity contribution is -0.122. The zero-order valence-corrected chi connectivity index (χ0v) is 19.8. The van der Waals surface area contributed by atoms with Crippen molar-refractivity contribution in [3.63, 3.8) is 0 Å². The summed E-state index contributed by atoms with van der Waals surface area (Å²) in [4.78, 5) is 13.6. The summed E-state index contributed by atoms with van der Waals surface area (Å²) in [6.07, 6.45) is 8.80. The Morgan fingerprint density at radius 3 is 2.14 bits per heavy atom. The summed E-state index contributed by atoms with van der Waals surface area (Å²) in [6.45, 7) is 0. The zero-order valence-electron chi connectivity index (χ0n) is 19.8. The molecule has 0 bridgehead atoms. The van der Waals surface area contributed by atoms with E-state index in [1.165, 1.54) is 5.01 Å². The third-order valence-corrected chi connectivity index (χ3v) is 5.99. The molecule has 37 heavy (non-hydrogen) atoms. The van der Waals surface area contributed by atoms with Crippen molar-refractivity contribution in [3.8, 4) is 16.9 Å². The summed E-state index contributed by atoms with van der Waals surface area (Å²) in [5.74, 6) is 0.335. The predicted molar refractivity (Wildman–Crippen MR) is 145 cm³/mol. The molecule has 1 aliphatic rings. The largest absolute Gasteiger partial charge is 0.463 e. The highest BCUT2D eigenvalue weighted by molar-refractivity contribution is 6.11. The van der Waals surface area contributed by atoms with Gasteiger partial charge in [0, 0.05) is 28.5 Å². The van der Waals surface area contributed by atoms with Crippen molar-refractivity contribution in [2.45, 2.75) is 0 Å². The van der Waals surface area contributed by atoms with E-state index in [-0.39, 0.29) is 5.91 Å². The van der Waals surface area contributed by atoms with Crippen molar-refractivity contribution in [2.75, 3.05) is 0 Å². The van der Waals surface area contributed by atoms with Gasteiger partial charge in [-0.2, -0.15) is 15.2 Å². The highest BCUT2D eigenvalue weighted by Gasteiger charge is 2.29. The first-order valence-corrected chi connectivity index (χ1v) is 11.9. The molecule has 0 radical (unpaired) electrons. The molecule has 0 fully saturated rings. The minimum absolute atomic E-state index is 0.229. The zero-order chi connectivity index (χ0) is 25.0. The molecule has 1 amide bonds. The maximum atomic E-state index is 13.6. The minimum atomic E-state index is -0.229. The Labute approximate surface area is 214 Å². The molecule has 0 spiro atoms. The molecule has 0 saturated heterocycles. The minimum Gasteiger partial charge on any atom is -0.463 e. The van der Waals surface area contributed by atoms with Crippen LogP contribution in [0, 0.1) is 0 Å². The van der Waals surface area contributed by atoms with Gasteiger partial charge in [-0.05, 0) is 36.4 Å². The molecule has 0 unspecified atom stereocenters. The van der Waals surface area contributed by atoms with Gasteiger partial charge in [-0.15, -0.1) is 0 Å². The van der Waals surface area contributed by atoms with Crippen LogP contribution in [0.4, 0.5) is 0 Å². The van der Waals surface area contributed by atoms with Crippen molar-refractivity contribution in [2.24, 2.45) is 5.10 Å². The van der Waals surface area contributed by atoms with Crippen LogP contribution in [0.2, 0.25) is 0 Å². The smallest absolute Gasteiger partial charge is 0.278 e. The van der Waals surface area contributed by atoms with Crippen LogP contribution >= 0.6 is 0 Å². The second-order valence-electron chi connectivity index (χ2n) is 8.45. The van der Waals surface area contributed by atoms with Gasteiger partial charge in [-0.25, -0.2) is 4.68 Å². The SMILES string of the molecule is O=C1C(=Cc2cn(-c3ccccc3)nc2-c2ccccc2)C=C(c2ccccc2)N1N=Cc1ccco1. The Balaban J connectivity index is 1.45. The van der Waals surface area contributed by atoms with Crippen molar-refractivity contribution in [3.05, 3.63) is 144 Å². The van der Waals surface area contributed by atoms with Gasteiger partial charge in [-0.3, -0.25) is 4.79 Å². The van der Waals surface area contributed by atoms with Gasteiger partial charge in [0.15, 0.2) is 0 Å². The lowest BCUT2D eigenvalue weighted by Gasteiger charge is -2.14. The summed E-state index contributed by atoms with van der Waals surface area (Å²) in [5, 5.41) is 10.7. The Morgan fingerprint density at radius 1 is 0.784 bits per heavy atom. The number of carbonyl (C=O) groups excluding carboxylic acids is 1. The topological polar surface area (TPSA) is 63.6 Å². The van der Waals surface area contributed by atoms with Crippen LogP contribution < -0.4 is 0 Å². The first kappa shape index (κ1) is 22.2. The summed E-state index contributed by atoms with van der Waals surface area (Å²) < 4.78 is 7.21. The number of nitrogens with zero attached hydrogens (tertiary/aromatic N) is 4. The molecule has 0 aliphatic carbocycles. The van der Waals surface area contributed by atoms with Gasteiger partial charge in [0.05, 0.1) is 29.6 Å². The number of hydrogen-bond donors (Lipinski definition) is 0. The van der Waals surface area contributed by atoms with Gasteiger partial charge < -0.3 is 4.42 Å². The van der Waals surface area contributed by atoms with Crippen molar-refractivity contribution >= 4 is 23.9 Å². The van der Waals surface area contributed by atoms with Crippen LogP contribution in [-0.2, 0) is 4.79 Å². The third-order valence-electron chi connectivity index (χ3n) is 5.99. The Kier molecular flexibility index (Phi) is 5.89. The maximum Gasteiger partial charge on any atom is 0.278 e. The van der Waals surface area contributed by atoms with Gasteiger partial charge in [0.1, 0.15) is 5.76 Å². The van der Waals surface area contributed by atoms with Gasteiger partial charge in [0.2, 0.25) is 0 Å². The third kappa shape index (κ3) is 4.56. The second kappa shape index (κ2) is 9.79. The van der Waals surface area contributed by atoms with Crippen LogP contribution in [0.3, 0.4) is 0 Å². The fourth-order valence-electron chi connectivity index (χ4n) is 4.21. The Morgan fingerprint density at radius 2 is 1.46 bits per heavy atom. The van der Waals surface area contributed by atoms with E-state index in [0.29, 0.717) is 17.0 Å². The molecule has 6 heteroatoms. The number of carbonyl (C=O) groups is 1. The number of hydrogen-bond acceptors (Lipinski definition) is 4. The molecule has 6 rings (SSSR count). The van der Waals surface area contributed by atoms with E-state index < -0.39 is 0 Å². The number of amides is 1. The molecule has 178 valence electrons. The molecule has 1 aliphatic heterocycles. The first-order chi connectivity index (χ1) is 18.3. The molecule has 0 N–H and O–H groups in total. The molecular formula is C31H22N4O2. The van der Waals surface area contributed by atoms with E-state index in [2.05, 4.69) is 5.10 Å². The number of benzene rings is 3. The molecule has 2 aromatic heterocycles. The van der Waals surface area contributed by atoms with Crippen LogP contribution in [0.25, 0.3) is 28.7 Å². The molecular weight excluding hydrogens is 460 g/mol. The quantitative estimate of drug-likeness (QED) is 0.207. The summed E-state index contributed by atoms with van der Waals surface area (Å²) in [5.41, 5.74) is 5.62. The van der Waals surface area contributed by atoms with E-state index in [1.807, 2.05) is 114 Å². The van der Waals surface area contributed by atoms with Crippen molar-refractivity contribution < 1.29 is 9.21 Å². The summed E-state index contributed by atoms with van der Waals surface area (Å²) in [7, 11) is 0. The van der Waals surface area contributed by atoms with Crippen molar-refractivity contribution in [1.82, 2.24) is 14.8 Å². The predicted octanol–water partition coefficient (Wildman–Crippen LogP) is 6.43. The van der Waals surface area contributed by atoms with Gasteiger partial charge >= 0.3 is 0 Å². The fraction of sp³-hybridized carbons (Fsp3) is 0. The van der Waals surface area contributed by atoms with Gasteiger partial charge in [-0.1, -0.05) is 78.9 Å². The molecule has 0 saturated carbocycles. The van der Waals surface area contributed by atoms with Gasteiger partial charge in [0.25, 0.3) is 5.91 Å². The van der Waals surface area contributed by atoms with Crippen LogP contribution in [0.1, 0.15) is 16.9 Å². The normalized spacial score (nSPS) is 14.6. The summed E-state index contributed by atoms with van der Waals surface area (Å²) >= 11 is 0. The molecule has 6 nitrogen and oxygen atoms in total. The lowest BCUT2D eigenvalue weighted by atomic mass is 10.1. The van der Waals surface area contributed by atoms with Crippen LogP contribution in [-0.4, -0.2) is 26.9 Å². The van der Waals surface area contributed by atoms with E-state index in [0.717, 1.165) is 28.1 Å². The highest BCUT2D eigenvalue weighted by Crippen LogP contribution is 2.33. The number of rotatable bonds is 6. The van der Waals surface area contributed by atoms with Crippen LogP contribution in [0.15, 0.2) is 137 Å². The number of furan rings is 1. The average Bonchev–Trinajstić information content (AvgIpc) is 3.69. The van der Waals surface area contributed by atoms with E-state index in [4.69, 9.17) is 9.52 Å². The van der Waals surface area contributed by atoms with Crippen molar-refractivity contribution in [1.29, 1.82) is 0 Å². The van der Waals surface area contributed by atoms with E-state index >= 15 is 0 Å². The Hall–Kier alpha value is -5.23. The van der Waals surface area contributed by atoms with E-state index in [1.54, 1.807) is 24.6 Å². The highest BCUT2D eigenvalue weighted by atomic mass is 16.3. The molecule has 3 heterocycles. The number of hydrazone groups is 1. The molecule has 3 aromatic carbocycles. The summed E-state index contributed by atoms with van der Waals surface area (Å²) in [6, 6.07) is 33.2. The standard InChI is InChI=1S/C31H22N4O2/c36-31-25(20-29(23-11-4-1-5-12-23)35(31)32-21-28-17-10-18-37-28)19-26-22-34(27-15-8-3-9-16-27)33-30(26)24-13-6-2-7-14-24/h1-22H. The second-order valence-corrected chi connectivity index (χ2v) is 8.45. The lowest BCUT2D eigenvalue weighted by Crippen LogP contribution is -2.19. The molecule has 5 aromatic rings. The average molecular weight is 483 g/mol. The van der Waals surface area contributed by atoms with Crippen LogP contribution in [0.5, 0.6) is 0 Å². The monoisotopic (exact) mass is 482 g/mol. The molecule has 0 atom stereocenters. The Bertz CT molecular complexity index is 1610. The maximum absolute atomic E-state index is 13.6.